The van der Waals surface area contributed by atoms with Crippen molar-refractivity contribution < 1.29 is 9.90 Å². The van der Waals surface area contributed by atoms with Crippen LogP contribution in [0.4, 0.5) is 0 Å². The predicted octanol–water partition coefficient (Wildman–Crippen LogP) is 1.14. The summed E-state index contributed by atoms with van der Waals surface area (Å²) >= 11 is 0. The first kappa shape index (κ1) is 13.4. The molecule has 3 saturated heterocycles. The van der Waals surface area contributed by atoms with E-state index in [2.05, 4.69) is 12.2 Å². The molecule has 4 unspecified atom stereocenters. The van der Waals surface area contributed by atoms with Crippen LogP contribution in [0.1, 0.15) is 45.4 Å². The van der Waals surface area contributed by atoms with Crippen molar-refractivity contribution in [3.63, 3.8) is 0 Å². The van der Waals surface area contributed by atoms with Crippen LogP contribution >= 0.6 is 0 Å². The maximum absolute atomic E-state index is 12.3. The zero-order chi connectivity index (χ0) is 13.4. The van der Waals surface area contributed by atoms with E-state index < -0.39 is 0 Å². The number of carbonyl (C=O) groups is 1. The first-order chi connectivity index (χ1) is 9.11. The summed E-state index contributed by atoms with van der Waals surface area (Å²) in [6.07, 6.45) is 6.19. The molecule has 3 aliphatic rings. The van der Waals surface area contributed by atoms with Gasteiger partial charge in [0.05, 0.1) is 6.10 Å². The van der Waals surface area contributed by atoms with Crippen molar-refractivity contribution in [1.82, 2.24) is 10.2 Å². The van der Waals surface area contributed by atoms with E-state index in [-0.39, 0.29) is 12.0 Å². The number of fused-ring (bicyclic) bond motifs is 2. The fourth-order valence-corrected chi connectivity index (χ4v) is 3.99. The zero-order valence-corrected chi connectivity index (χ0v) is 11.8. The minimum Gasteiger partial charge on any atom is -0.391 e. The van der Waals surface area contributed by atoms with Gasteiger partial charge in [0.25, 0.3) is 0 Å². The largest absolute Gasteiger partial charge is 0.391 e. The molecule has 0 radical (unpaired) electrons. The molecule has 108 valence electrons. The number of likely N-dealkylation sites (tertiary alicyclic amines) is 1. The molecule has 0 spiro atoms. The van der Waals surface area contributed by atoms with Crippen molar-refractivity contribution in [2.45, 2.75) is 63.6 Å². The third-order valence-electron chi connectivity index (χ3n) is 5.31. The summed E-state index contributed by atoms with van der Waals surface area (Å²) < 4.78 is 0. The minimum absolute atomic E-state index is 0.261. The molecule has 0 aromatic heterocycles. The summed E-state index contributed by atoms with van der Waals surface area (Å²) in [5.74, 6) is 1.15. The zero-order valence-electron chi connectivity index (χ0n) is 11.8. The number of carbonyl (C=O) groups excluding carboxylic acids is 1. The number of hydrogen-bond acceptors (Lipinski definition) is 3. The summed E-state index contributed by atoms with van der Waals surface area (Å²) in [7, 11) is 0. The number of β-amino-alcohol motifs (C(OH)–C–C–N with tert-alkyl or cyclic N) is 1. The molecule has 0 aromatic carbocycles. The topological polar surface area (TPSA) is 52.6 Å². The van der Waals surface area contributed by atoms with Gasteiger partial charge >= 0.3 is 0 Å². The van der Waals surface area contributed by atoms with Gasteiger partial charge in [-0.1, -0.05) is 6.92 Å². The maximum atomic E-state index is 12.3. The summed E-state index contributed by atoms with van der Waals surface area (Å²) in [6.45, 7) is 3.43. The Morgan fingerprint density at radius 1 is 1.26 bits per heavy atom. The molecule has 2 N–H and O–H groups in total. The van der Waals surface area contributed by atoms with Crippen molar-refractivity contribution in [2.75, 3.05) is 13.1 Å². The second kappa shape index (κ2) is 5.41. The van der Waals surface area contributed by atoms with E-state index in [0.717, 1.165) is 25.8 Å². The monoisotopic (exact) mass is 266 g/mol. The SMILES string of the molecule is CC1CCN(C(=O)CC2CC3CCC(C2)N3)CC1O. The molecule has 1 amide bonds. The minimum atomic E-state index is -0.332. The number of amides is 1. The van der Waals surface area contributed by atoms with Crippen LogP contribution in [0.25, 0.3) is 0 Å². The highest BCUT2D eigenvalue weighted by Crippen LogP contribution is 2.33. The number of piperidine rings is 2. The molecule has 0 aromatic rings. The number of aliphatic hydroxyl groups excluding tert-OH is 1. The van der Waals surface area contributed by atoms with Gasteiger partial charge < -0.3 is 15.3 Å². The Labute approximate surface area is 115 Å². The smallest absolute Gasteiger partial charge is 0.222 e. The number of nitrogens with one attached hydrogen (secondary N) is 1. The second-order valence-electron chi connectivity index (χ2n) is 6.85. The van der Waals surface area contributed by atoms with E-state index in [9.17, 15) is 9.90 Å². The van der Waals surface area contributed by atoms with Crippen molar-refractivity contribution in [3.05, 3.63) is 0 Å². The van der Waals surface area contributed by atoms with Crippen molar-refractivity contribution in [3.8, 4) is 0 Å². The first-order valence-corrected chi connectivity index (χ1v) is 7.83. The van der Waals surface area contributed by atoms with Gasteiger partial charge in [-0.2, -0.15) is 0 Å². The first-order valence-electron chi connectivity index (χ1n) is 7.83. The van der Waals surface area contributed by atoms with E-state index in [0.29, 0.717) is 36.9 Å². The van der Waals surface area contributed by atoms with Gasteiger partial charge in [-0.25, -0.2) is 0 Å². The normalized spacial score (nSPS) is 42.4. The summed E-state index contributed by atoms with van der Waals surface area (Å²) in [6, 6.07) is 1.31. The summed E-state index contributed by atoms with van der Waals surface area (Å²) in [4.78, 5) is 14.2. The molecule has 3 fully saturated rings. The standard InChI is InChI=1S/C15H26N2O2/c1-10-4-5-17(9-14(10)18)15(19)8-11-6-12-2-3-13(7-11)16-12/h10-14,16,18H,2-9H2,1H3. The van der Waals surface area contributed by atoms with Crippen LogP contribution in [0.5, 0.6) is 0 Å². The van der Waals surface area contributed by atoms with Crippen LogP contribution < -0.4 is 5.32 Å². The Morgan fingerprint density at radius 2 is 1.95 bits per heavy atom. The van der Waals surface area contributed by atoms with Crippen molar-refractivity contribution >= 4 is 5.91 Å². The molecule has 4 heteroatoms. The molecular formula is C15H26N2O2. The molecule has 3 heterocycles. The lowest BCUT2D eigenvalue weighted by Gasteiger charge is -2.36. The van der Waals surface area contributed by atoms with E-state index in [1.165, 1.54) is 12.8 Å². The Morgan fingerprint density at radius 3 is 2.58 bits per heavy atom. The lowest BCUT2D eigenvalue weighted by Crippen LogP contribution is -2.47. The highest BCUT2D eigenvalue weighted by molar-refractivity contribution is 5.76. The molecule has 19 heavy (non-hydrogen) atoms. The summed E-state index contributed by atoms with van der Waals surface area (Å²) in [5.41, 5.74) is 0. The Bertz CT molecular complexity index is 335. The Kier molecular flexibility index (Phi) is 3.81. The van der Waals surface area contributed by atoms with E-state index in [1.807, 2.05) is 4.90 Å². The maximum Gasteiger partial charge on any atom is 0.222 e. The van der Waals surface area contributed by atoms with Crippen LogP contribution in [-0.4, -0.2) is 47.2 Å². The molecular weight excluding hydrogens is 240 g/mol. The van der Waals surface area contributed by atoms with Gasteiger partial charge in [-0.05, 0) is 43.9 Å². The van der Waals surface area contributed by atoms with Crippen LogP contribution in [0.3, 0.4) is 0 Å². The average molecular weight is 266 g/mol. The van der Waals surface area contributed by atoms with Crippen LogP contribution in [0.2, 0.25) is 0 Å². The summed E-state index contributed by atoms with van der Waals surface area (Å²) in [5, 5.41) is 13.5. The number of nitrogens with zero attached hydrogens (tertiary/aromatic N) is 1. The fourth-order valence-electron chi connectivity index (χ4n) is 3.99. The number of aliphatic hydroxyl groups is 1. The third-order valence-corrected chi connectivity index (χ3v) is 5.31. The molecule has 3 aliphatic heterocycles. The number of rotatable bonds is 2. The van der Waals surface area contributed by atoms with E-state index in [1.54, 1.807) is 0 Å². The van der Waals surface area contributed by atoms with Crippen molar-refractivity contribution in [1.29, 1.82) is 0 Å². The van der Waals surface area contributed by atoms with Gasteiger partial charge in [0.2, 0.25) is 5.91 Å². The fraction of sp³-hybridized carbons (Fsp3) is 0.933. The second-order valence-corrected chi connectivity index (χ2v) is 6.85. The van der Waals surface area contributed by atoms with E-state index >= 15 is 0 Å². The average Bonchev–Trinajstić information content (AvgIpc) is 2.72. The van der Waals surface area contributed by atoms with Crippen LogP contribution in [0, 0.1) is 11.8 Å². The van der Waals surface area contributed by atoms with Gasteiger partial charge in [-0.15, -0.1) is 0 Å². The highest BCUT2D eigenvalue weighted by Gasteiger charge is 2.35. The van der Waals surface area contributed by atoms with E-state index in [4.69, 9.17) is 0 Å². The van der Waals surface area contributed by atoms with Crippen molar-refractivity contribution in [2.24, 2.45) is 11.8 Å². The molecule has 0 saturated carbocycles. The predicted molar refractivity (Wildman–Crippen MR) is 73.7 cm³/mol. The number of hydrogen-bond donors (Lipinski definition) is 2. The molecule has 4 nitrogen and oxygen atoms in total. The molecule has 0 aliphatic carbocycles. The van der Waals surface area contributed by atoms with Crippen LogP contribution in [-0.2, 0) is 4.79 Å². The van der Waals surface area contributed by atoms with Crippen LogP contribution in [0.15, 0.2) is 0 Å². The Hall–Kier alpha value is -0.610. The molecule has 3 rings (SSSR count). The quantitative estimate of drug-likeness (QED) is 0.788. The highest BCUT2D eigenvalue weighted by atomic mass is 16.3. The third kappa shape index (κ3) is 2.95. The van der Waals surface area contributed by atoms with Gasteiger partial charge in [0, 0.05) is 31.6 Å². The lowest BCUT2D eigenvalue weighted by atomic mass is 9.88. The Balaban J connectivity index is 1.51. The molecule has 4 atom stereocenters. The lowest BCUT2D eigenvalue weighted by molar-refractivity contribution is -0.136. The van der Waals surface area contributed by atoms with Gasteiger partial charge in [0.1, 0.15) is 0 Å². The van der Waals surface area contributed by atoms with Gasteiger partial charge in [0.15, 0.2) is 0 Å². The molecule has 2 bridgehead atoms. The van der Waals surface area contributed by atoms with Gasteiger partial charge in [-0.3, -0.25) is 4.79 Å².